The summed E-state index contributed by atoms with van der Waals surface area (Å²) in [5, 5.41) is 6.79. The van der Waals surface area contributed by atoms with Gasteiger partial charge in [0.25, 0.3) is 5.91 Å². The van der Waals surface area contributed by atoms with E-state index in [-0.39, 0.29) is 23.8 Å². The van der Waals surface area contributed by atoms with Crippen molar-refractivity contribution in [3.63, 3.8) is 0 Å². The number of nitrogens with zero attached hydrogens (tertiary/aromatic N) is 2. The molecule has 3 N–H and O–H groups in total. The summed E-state index contributed by atoms with van der Waals surface area (Å²) in [4.78, 5) is 44.8. The van der Waals surface area contributed by atoms with Crippen LogP contribution in [-0.2, 0) is 22.4 Å². The van der Waals surface area contributed by atoms with Crippen LogP contribution in [-0.4, -0.2) is 60.7 Å². The van der Waals surface area contributed by atoms with Gasteiger partial charge in [-0.05, 0) is 52.4 Å². The Kier molecular flexibility index (Phi) is 9.34. The van der Waals surface area contributed by atoms with Crippen LogP contribution in [0.15, 0.2) is 84.2 Å². The number of thiophene rings is 1. The van der Waals surface area contributed by atoms with Gasteiger partial charge in [-0.2, -0.15) is 0 Å². The lowest BCUT2D eigenvalue weighted by Crippen LogP contribution is -2.55. The number of nitrogens with two attached hydrogens (primary N) is 1. The average Bonchev–Trinajstić information content (AvgIpc) is 3.50. The van der Waals surface area contributed by atoms with E-state index in [0.717, 1.165) is 26.8 Å². The summed E-state index contributed by atoms with van der Waals surface area (Å²) in [5.41, 5.74) is 8.28. The maximum absolute atomic E-state index is 14.2. The largest absolute Gasteiger partial charge is 0.357 e. The van der Waals surface area contributed by atoms with Crippen molar-refractivity contribution in [1.29, 1.82) is 0 Å². The Hall–Kier alpha value is -4.01. The summed E-state index contributed by atoms with van der Waals surface area (Å²) in [5.74, 6) is -0.852. The minimum atomic E-state index is -0.840. The van der Waals surface area contributed by atoms with E-state index in [1.165, 1.54) is 21.1 Å². The fourth-order valence-electron chi connectivity index (χ4n) is 4.86. The molecule has 0 aliphatic rings. The van der Waals surface area contributed by atoms with E-state index in [9.17, 15) is 14.4 Å². The maximum Gasteiger partial charge on any atom is 0.254 e. The van der Waals surface area contributed by atoms with E-state index in [2.05, 4.69) is 5.32 Å². The molecule has 0 bridgehead atoms. The number of amides is 3. The second-order valence-electron chi connectivity index (χ2n) is 10.1. The SMILES string of the molecule is CNC(=O)[C@@H](Cc1cccs1)N(C)C(=O)[C@@H](Cc1ccc2ccccc2c1)N(C)C(=O)c1cccc(C(C)N)c1. The number of benzene rings is 3. The third kappa shape index (κ3) is 6.58. The molecular weight excluding hydrogens is 520 g/mol. The van der Waals surface area contributed by atoms with Gasteiger partial charge in [-0.15, -0.1) is 11.3 Å². The number of carbonyl (C=O) groups is 3. The van der Waals surface area contributed by atoms with Crippen molar-refractivity contribution in [2.24, 2.45) is 5.73 Å². The highest BCUT2D eigenvalue weighted by atomic mass is 32.1. The summed E-state index contributed by atoms with van der Waals surface area (Å²) in [7, 11) is 4.85. The molecule has 4 aromatic rings. The number of fused-ring (bicyclic) bond motifs is 1. The van der Waals surface area contributed by atoms with Crippen LogP contribution in [0.4, 0.5) is 0 Å². The molecule has 40 heavy (non-hydrogen) atoms. The van der Waals surface area contributed by atoms with Gasteiger partial charge in [0.15, 0.2) is 0 Å². The highest BCUT2D eigenvalue weighted by Gasteiger charge is 2.35. The van der Waals surface area contributed by atoms with Crippen molar-refractivity contribution in [3.8, 4) is 0 Å². The van der Waals surface area contributed by atoms with Gasteiger partial charge in [-0.3, -0.25) is 14.4 Å². The minimum absolute atomic E-state index is 0.232. The van der Waals surface area contributed by atoms with Crippen LogP contribution in [0.3, 0.4) is 0 Å². The summed E-state index contributed by atoms with van der Waals surface area (Å²) < 4.78 is 0. The van der Waals surface area contributed by atoms with E-state index in [4.69, 9.17) is 5.73 Å². The first kappa shape index (κ1) is 29.0. The Morgan fingerprint density at radius 3 is 2.27 bits per heavy atom. The van der Waals surface area contributed by atoms with Crippen LogP contribution < -0.4 is 11.1 Å². The molecule has 0 saturated carbocycles. The molecule has 3 aromatic carbocycles. The normalized spacial score (nSPS) is 13.3. The molecule has 0 saturated heterocycles. The van der Waals surface area contributed by atoms with E-state index >= 15 is 0 Å². The van der Waals surface area contributed by atoms with E-state index in [1.807, 2.05) is 73.0 Å². The fraction of sp³-hybridized carbons (Fsp3) is 0.281. The summed E-state index contributed by atoms with van der Waals surface area (Å²) in [6.07, 6.45) is 0.680. The second kappa shape index (κ2) is 12.9. The Morgan fingerprint density at radius 1 is 0.850 bits per heavy atom. The highest BCUT2D eigenvalue weighted by Crippen LogP contribution is 2.22. The number of likely N-dealkylation sites (N-methyl/N-ethyl adjacent to an activating group) is 3. The molecule has 208 valence electrons. The summed E-state index contributed by atoms with van der Waals surface area (Å²) >= 11 is 1.54. The number of carbonyl (C=O) groups excluding carboxylic acids is 3. The zero-order valence-corrected chi connectivity index (χ0v) is 24.2. The quantitative estimate of drug-likeness (QED) is 0.302. The molecule has 7 nitrogen and oxygen atoms in total. The van der Waals surface area contributed by atoms with Crippen molar-refractivity contribution >= 4 is 39.8 Å². The van der Waals surface area contributed by atoms with Crippen molar-refractivity contribution in [1.82, 2.24) is 15.1 Å². The van der Waals surface area contributed by atoms with Gasteiger partial charge in [0.05, 0.1) is 0 Å². The minimum Gasteiger partial charge on any atom is -0.357 e. The lowest BCUT2D eigenvalue weighted by molar-refractivity contribution is -0.142. The number of nitrogens with one attached hydrogen (secondary N) is 1. The first-order chi connectivity index (χ1) is 19.2. The van der Waals surface area contributed by atoms with Gasteiger partial charge in [0.2, 0.25) is 11.8 Å². The fourth-order valence-corrected chi connectivity index (χ4v) is 5.60. The first-order valence-corrected chi connectivity index (χ1v) is 14.2. The average molecular weight is 557 g/mol. The predicted molar refractivity (Wildman–Crippen MR) is 161 cm³/mol. The molecule has 0 aliphatic carbocycles. The van der Waals surface area contributed by atoms with E-state index in [1.54, 1.807) is 39.3 Å². The Morgan fingerprint density at radius 2 is 1.60 bits per heavy atom. The monoisotopic (exact) mass is 556 g/mol. The molecule has 1 unspecified atom stereocenters. The Balaban J connectivity index is 1.69. The second-order valence-corrected chi connectivity index (χ2v) is 11.1. The van der Waals surface area contributed by atoms with E-state index < -0.39 is 12.1 Å². The summed E-state index contributed by atoms with van der Waals surface area (Å²) in [6, 6.07) is 23.3. The molecule has 1 heterocycles. The van der Waals surface area contributed by atoms with Gasteiger partial charge in [-0.25, -0.2) is 0 Å². The van der Waals surface area contributed by atoms with Gasteiger partial charge < -0.3 is 20.9 Å². The molecule has 1 aromatic heterocycles. The Labute approximate surface area is 239 Å². The van der Waals surface area contributed by atoms with Crippen LogP contribution in [0.1, 0.15) is 39.3 Å². The molecule has 0 aliphatic heterocycles. The van der Waals surface area contributed by atoms with E-state index in [0.29, 0.717) is 18.4 Å². The van der Waals surface area contributed by atoms with Crippen LogP contribution in [0, 0.1) is 0 Å². The zero-order valence-electron chi connectivity index (χ0n) is 23.3. The predicted octanol–water partition coefficient (Wildman–Crippen LogP) is 4.42. The molecule has 0 radical (unpaired) electrons. The van der Waals surface area contributed by atoms with Crippen LogP contribution in [0.2, 0.25) is 0 Å². The smallest absolute Gasteiger partial charge is 0.254 e. The third-order valence-electron chi connectivity index (χ3n) is 7.31. The van der Waals surface area contributed by atoms with Gasteiger partial charge in [-0.1, -0.05) is 60.7 Å². The van der Waals surface area contributed by atoms with Crippen molar-refractivity contribution < 1.29 is 14.4 Å². The standard InChI is InChI=1S/C32H36N4O3S/c1-21(33)24-11-7-12-26(19-24)31(38)36(4)29(18-22-14-15-23-9-5-6-10-25(23)17-22)32(39)35(3)28(30(37)34-2)20-27-13-8-16-40-27/h5-17,19,21,28-29H,18,20,33H2,1-4H3,(H,34,37)/t21?,28-,29-/m1/s1. The first-order valence-electron chi connectivity index (χ1n) is 13.3. The molecule has 8 heteroatoms. The zero-order chi connectivity index (χ0) is 28.8. The molecular formula is C32H36N4O3S. The number of rotatable bonds is 10. The van der Waals surface area contributed by atoms with Crippen molar-refractivity contribution in [2.75, 3.05) is 21.1 Å². The molecule has 4 rings (SSSR count). The molecule has 3 atom stereocenters. The van der Waals surface area contributed by atoms with Crippen molar-refractivity contribution in [2.45, 2.75) is 37.9 Å². The van der Waals surface area contributed by atoms with Crippen LogP contribution in [0.25, 0.3) is 10.8 Å². The highest BCUT2D eigenvalue weighted by molar-refractivity contribution is 7.09. The number of hydrogen-bond donors (Lipinski definition) is 2. The Bertz CT molecular complexity index is 1480. The molecule has 0 spiro atoms. The third-order valence-corrected chi connectivity index (χ3v) is 8.21. The van der Waals surface area contributed by atoms with Gasteiger partial charge in [0, 0.05) is 50.5 Å². The molecule has 3 amide bonds. The topological polar surface area (TPSA) is 95.7 Å². The van der Waals surface area contributed by atoms with Crippen LogP contribution in [0.5, 0.6) is 0 Å². The maximum atomic E-state index is 14.2. The number of hydrogen-bond acceptors (Lipinski definition) is 5. The summed E-state index contributed by atoms with van der Waals surface area (Å²) in [6.45, 7) is 1.86. The van der Waals surface area contributed by atoms with Crippen LogP contribution >= 0.6 is 11.3 Å². The lowest BCUT2D eigenvalue weighted by atomic mass is 9.98. The van der Waals surface area contributed by atoms with Crippen molar-refractivity contribution in [3.05, 3.63) is 106 Å². The van der Waals surface area contributed by atoms with Gasteiger partial charge >= 0.3 is 0 Å². The molecule has 0 fully saturated rings. The lowest BCUT2D eigenvalue weighted by Gasteiger charge is -2.34. The van der Waals surface area contributed by atoms with Gasteiger partial charge in [0.1, 0.15) is 12.1 Å².